The van der Waals surface area contributed by atoms with E-state index in [-0.39, 0.29) is 11.3 Å². The minimum atomic E-state index is -0.183. The van der Waals surface area contributed by atoms with Crippen molar-refractivity contribution in [3.63, 3.8) is 0 Å². The van der Waals surface area contributed by atoms with Crippen LogP contribution in [0.15, 0.2) is 49.1 Å². The van der Waals surface area contributed by atoms with Crippen LogP contribution in [0.3, 0.4) is 0 Å². The molecule has 1 saturated carbocycles. The van der Waals surface area contributed by atoms with Gasteiger partial charge < -0.3 is 19.6 Å². The summed E-state index contributed by atoms with van der Waals surface area (Å²) in [5.74, 6) is 1.94. The van der Waals surface area contributed by atoms with E-state index in [9.17, 15) is 4.79 Å². The zero-order chi connectivity index (χ0) is 26.3. The minimum Gasteiger partial charge on any atom is -0.322 e. The number of imidazole rings is 1. The Bertz CT molecular complexity index is 1430. The third-order valence-electron chi connectivity index (χ3n) is 7.93. The molecule has 8 nitrogen and oxygen atoms in total. The Labute approximate surface area is 218 Å². The summed E-state index contributed by atoms with van der Waals surface area (Å²) in [6, 6.07) is 10.5. The molecule has 4 aromatic rings. The maximum Gasteiger partial charge on any atom is 0.259 e. The van der Waals surface area contributed by atoms with E-state index in [0.29, 0.717) is 35.6 Å². The van der Waals surface area contributed by atoms with Crippen molar-refractivity contribution in [1.82, 2.24) is 29.5 Å². The van der Waals surface area contributed by atoms with Gasteiger partial charge in [0.1, 0.15) is 17.8 Å². The highest BCUT2D eigenvalue weighted by Crippen LogP contribution is 2.51. The SMILES string of the molecule is Cc1cnc2c(C(=O)Nc3cccc(C4(c5nncn5C)CC(C)C4)c3)cc(CN[C@@H](C)C(C)C)cn12. The number of benzene rings is 1. The van der Waals surface area contributed by atoms with Gasteiger partial charge in [0.15, 0.2) is 0 Å². The van der Waals surface area contributed by atoms with Gasteiger partial charge in [0.25, 0.3) is 5.91 Å². The Morgan fingerprint density at radius 3 is 2.68 bits per heavy atom. The Hall–Kier alpha value is -3.52. The van der Waals surface area contributed by atoms with Crippen LogP contribution in [0.25, 0.3) is 5.65 Å². The summed E-state index contributed by atoms with van der Waals surface area (Å²) in [4.78, 5) is 18.1. The van der Waals surface area contributed by atoms with Gasteiger partial charge in [0, 0.05) is 43.4 Å². The summed E-state index contributed by atoms with van der Waals surface area (Å²) in [6.45, 7) is 11.5. The first-order valence-electron chi connectivity index (χ1n) is 13.1. The lowest BCUT2D eigenvalue weighted by Gasteiger charge is -2.46. The number of carbonyl (C=O) groups is 1. The lowest BCUT2D eigenvalue weighted by molar-refractivity contribution is 0.102. The molecule has 0 aliphatic heterocycles. The Morgan fingerprint density at radius 2 is 2.00 bits per heavy atom. The zero-order valence-corrected chi connectivity index (χ0v) is 22.6. The van der Waals surface area contributed by atoms with Crippen molar-refractivity contribution < 1.29 is 4.79 Å². The standard InChI is InChI=1S/C29H37N7O/c1-18(2)21(5)30-15-22-10-25(26-31-14-20(4)36(26)16-22)27(37)33-24-9-7-8-23(11-24)29(12-19(3)13-29)28-34-32-17-35(28)6/h7-11,14,16-19,21,30H,12-13,15H2,1-6H3,(H,33,37)/t19?,21-,29?/m0/s1. The summed E-state index contributed by atoms with van der Waals surface area (Å²) in [7, 11) is 1.99. The number of pyridine rings is 1. The summed E-state index contributed by atoms with van der Waals surface area (Å²) in [6.07, 6.45) is 7.65. The molecule has 194 valence electrons. The van der Waals surface area contributed by atoms with Gasteiger partial charge in [-0.2, -0.15) is 0 Å². The van der Waals surface area contributed by atoms with Crippen molar-refractivity contribution in [3.8, 4) is 0 Å². The van der Waals surface area contributed by atoms with Crippen LogP contribution in [-0.2, 0) is 19.0 Å². The number of aryl methyl sites for hydroxylation is 2. The molecule has 1 aliphatic carbocycles. The number of aromatic nitrogens is 5. The van der Waals surface area contributed by atoms with Gasteiger partial charge in [-0.1, -0.05) is 32.9 Å². The molecule has 3 heterocycles. The van der Waals surface area contributed by atoms with E-state index in [1.807, 2.05) is 47.3 Å². The van der Waals surface area contributed by atoms with Crippen molar-refractivity contribution in [2.24, 2.45) is 18.9 Å². The topological polar surface area (TPSA) is 89.1 Å². The van der Waals surface area contributed by atoms with Crippen LogP contribution in [0.1, 0.15) is 73.5 Å². The van der Waals surface area contributed by atoms with Crippen LogP contribution >= 0.6 is 0 Å². The van der Waals surface area contributed by atoms with Crippen molar-refractivity contribution in [1.29, 1.82) is 0 Å². The predicted octanol–water partition coefficient (Wildman–Crippen LogP) is 4.87. The number of fused-ring (bicyclic) bond motifs is 1. The molecule has 0 spiro atoms. The maximum atomic E-state index is 13.6. The second-order valence-corrected chi connectivity index (χ2v) is 11.2. The molecule has 1 fully saturated rings. The predicted molar refractivity (Wildman–Crippen MR) is 146 cm³/mol. The zero-order valence-electron chi connectivity index (χ0n) is 22.6. The lowest BCUT2D eigenvalue weighted by Crippen LogP contribution is -2.43. The van der Waals surface area contributed by atoms with Crippen molar-refractivity contribution in [2.75, 3.05) is 5.32 Å². The quantitative estimate of drug-likeness (QED) is 0.361. The largest absolute Gasteiger partial charge is 0.322 e. The molecule has 0 saturated heterocycles. The number of carbonyl (C=O) groups excluding carboxylic acids is 1. The monoisotopic (exact) mass is 499 g/mol. The van der Waals surface area contributed by atoms with Gasteiger partial charge in [-0.3, -0.25) is 4.79 Å². The van der Waals surface area contributed by atoms with Crippen LogP contribution < -0.4 is 10.6 Å². The van der Waals surface area contributed by atoms with Gasteiger partial charge in [-0.05, 0) is 67.9 Å². The van der Waals surface area contributed by atoms with Gasteiger partial charge in [-0.25, -0.2) is 4.98 Å². The molecule has 1 aromatic carbocycles. The number of nitrogens with one attached hydrogen (secondary N) is 2. The third-order valence-corrected chi connectivity index (χ3v) is 7.93. The fourth-order valence-electron chi connectivity index (χ4n) is 5.53. The number of rotatable bonds is 8. The number of nitrogens with zero attached hydrogens (tertiary/aromatic N) is 5. The maximum absolute atomic E-state index is 13.6. The molecule has 8 heteroatoms. The van der Waals surface area contributed by atoms with Gasteiger partial charge in [-0.15, -0.1) is 10.2 Å². The first kappa shape index (κ1) is 25.1. The molecule has 1 amide bonds. The first-order valence-corrected chi connectivity index (χ1v) is 13.1. The summed E-state index contributed by atoms with van der Waals surface area (Å²) in [5.41, 5.74) is 5.01. The molecule has 0 radical (unpaired) electrons. The van der Waals surface area contributed by atoms with Crippen LogP contribution in [0.4, 0.5) is 5.69 Å². The number of amides is 1. The summed E-state index contributed by atoms with van der Waals surface area (Å²) in [5, 5.41) is 15.3. The van der Waals surface area contributed by atoms with Crippen LogP contribution in [0.2, 0.25) is 0 Å². The first-order chi connectivity index (χ1) is 17.7. The van der Waals surface area contributed by atoms with Crippen LogP contribution in [0.5, 0.6) is 0 Å². The Kier molecular flexibility index (Phi) is 6.62. The number of anilines is 1. The van der Waals surface area contributed by atoms with E-state index in [4.69, 9.17) is 0 Å². The Balaban J connectivity index is 1.44. The van der Waals surface area contributed by atoms with E-state index in [1.54, 1.807) is 6.33 Å². The highest BCUT2D eigenvalue weighted by molar-refractivity contribution is 6.08. The second kappa shape index (κ2) is 9.74. The molecule has 1 atom stereocenters. The Morgan fingerprint density at radius 1 is 1.22 bits per heavy atom. The van der Waals surface area contributed by atoms with E-state index in [1.165, 1.54) is 0 Å². The molecular weight excluding hydrogens is 462 g/mol. The van der Waals surface area contributed by atoms with E-state index < -0.39 is 0 Å². The smallest absolute Gasteiger partial charge is 0.259 e. The molecule has 37 heavy (non-hydrogen) atoms. The highest BCUT2D eigenvalue weighted by Gasteiger charge is 2.48. The molecular formula is C29H37N7O. The molecule has 0 bridgehead atoms. The van der Waals surface area contributed by atoms with E-state index in [0.717, 1.165) is 41.2 Å². The van der Waals surface area contributed by atoms with Crippen molar-refractivity contribution in [2.45, 2.75) is 65.5 Å². The van der Waals surface area contributed by atoms with E-state index >= 15 is 0 Å². The molecule has 2 N–H and O–H groups in total. The number of hydrogen-bond donors (Lipinski definition) is 2. The lowest BCUT2D eigenvalue weighted by atomic mass is 9.58. The number of hydrogen-bond acceptors (Lipinski definition) is 5. The van der Waals surface area contributed by atoms with Crippen LogP contribution in [0, 0.1) is 18.8 Å². The van der Waals surface area contributed by atoms with Gasteiger partial charge >= 0.3 is 0 Å². The average molecular weight is 500 g/mol. The fraction of sp³-hybridized carbons (Fsp3) is 0.448. The van der Waals surface area contributed by atoms with Crippen LogP contribution in [-0.4, -0.2) is 36.1 Å². The molecule has 1 aliphatic rings. The average Bonchev–Trinajstić information content (AvgIpc) is 3.45. The van der Waals surface area contributed by atoms with Crippen molar-refractivity contribution >= 4 is 17.2 Å². The van der Waals surface area contributed by atoms with Gasteiger partial charge in [0.05, 0.1) is 11.0 Å². The normalized spacial score (nSPS) is 20.2. The third kappa shape index (κ3) is 4.66. The second-order valence-electron chi connectivity index (χ2n) is 11.2. The summed E-state index contributed by atoms with van der Waals surface area (Å²) >= 11 is 0. The minimum absolute atomic E-state index is 0.166. The van der Waals surface area contributed by atoms with E-state index in [2.05, 4.69) is 71.8 Å². The van der Waals surface area contributed by atoms with Crippen molar-refractivity contribution in [3.05, 3.63) is 77.3 Å². The molecule has 5 rings (SSSR count). The summed E-state index contributed by atoms with van der Waals surface area (Å²) < 4.78 is 4.01. The molecule has 0 unspecified atom stereocenters. The molecule has 3 aromatic heterocycles. The fourth-order valence-corrected chi connectivity index (χ4v) is 5.53. The highest BCUT2D eigenvalue weighted by atomic mass is 16.1. The van der Waals surface area contributed by atoms with Gasteiger partial charge in [0.2, 0.25) is 0 Å².